The number of amidine groups is 1. The van der Waals surface area contributed by atoms with Crippen molar-refractivity contribution >= 4 is 11.9 Å². The Kier molecular flexibility index (Phi) is 6.58. The Labute approximate surface area is 224 Å². The summed E-state index contributed by atoms with van der Waals surface area (Å²) in [6, 6.07) is 7.51. The van der Waals surface area contributed by atoms with Crippen LogP contribution in [-0.4, -0.2) is 52.8 Å². The molecule has 6 rings (SSSR count). The Morgan fingerprint density at radius 1 is 1.10 bits per heavy atom. The molecule has 10 heteroatoms. The average Bonchev–Trinajstić information content (AvgIpc) is 3.37. The van der Waals surface area contributed by atoms with Gasteiger partial charge in [0.1, 0.15) is 5.75 Å². The monoisotopic (exact) mass is 538 g/mol. The summed E-state index contributed by atoms with van der Waals surface area (Å²) in [5.74, 6) is -2.61. The summed E-state index contributed by atoms with van der Waals surface area (Å²) in [7, 11) is 1.62. The Morgan fingerprint density at radius 3 is 2.56 bits per heavy atom. The highest BCUT2D eigenvalue weighted by atomic mass is 19.2. The zero-order chi connectivity index (χ0) is 27.1. The Balaban J connectivity index is 1.39. The van der Waals surface area contributed by atoms with E-state index in [1.165, 1.54) is 0 Å². The van der Waals surface area contributed by atoms with Crippen LogP contribution in [0.15, 0.2) is 53.6 Å². The molecule has 0 bridgehead atoms. The largest absolute Gasteiger partial charge is 0.495 e. The highest BCUT2D eigenvalue weighted by Crippen LogP contribution is 2.47. The van der Waals surface area contributed by atoms with E-state index in [2.05, 4.69) is 15.0 Å². The summed E-state index contributed by atoms with van der Waals surface area (Å²) >= 11 is 0. The van der Waals surface area contributed by atoms with Crippen molar-refractivity contribution in [3.63, 3.8) is 0 Å². The lowest BCUT2D eigenvalue weighted by Crippen LogP contribution is -2.57. The molecule has 39 heavy (non-hydrogen) atoms. The molecule has 3 aliphatic heterocycles. The smallest absolute Gasteiger partial charge is 0.194 e. The fourth-order valence-electron chi connectivity index (χ4n) is 5.86. The molecule has 3 aromatic rings. The standard InChI is InChI=1S/C29H29F3N4O3/c1-18-16-35(17-33-18)24-6-5-19(13-25(24)37-2)12-20-4-3-9-36-27(21-14-22(30)26(32)23(31)15-21)29(39-34-28(20)36)7-10-38-11-8-29/h5-6,12-17,27H,3-4,7-11H2,1-2H3. The zero-order valence-electron chi connectivity index (χ0n) is 21.8. The molecule has 2 saturated heterocycles. The summed E-state index contributed by atoms with van der Waals surface area (Å²) in [5.41, 5.74) is 3.10. The Hall–Kier alpha value is -3.79. The number of fused-ring (bicyclic) bond motifs is 1. The van der Waals surface area contributed by atoms with E-state index in [-0.39, 0.29) is 0 Å². The summed E-state index contributed by atoms with van der Waals surface area (Å²) in [5, 5.41) is 4.57. The summed E-state index contributed by atoms with van der Waals surface area (Å²) in [4.78, 5) is 12.5. The van der Waals surface area contributed by atoms with Crippen LogP contribution in [0.25, 0.3) is 11.8 Å². The molecular weight excluding hydrogens is 509 g/mol. The van der Waals surface area contributed by atoms with Crippen LogP contribution < -0.4 is 4.74 Å². The Morgan fingerprint density at radius 2 is 1.87 bits per heavy atom. The van der Waals surface area contributed by atoms with Crippen LogP contribution in [-0.2, 0) is 9.57 Å². The van der Waals surface area contributed by atoms with Crippen LogP contribution in [0.4, 0.5) is 13.2 Å². The first-order chi connectivity index (χ1) is 18.9. The molecule has 1 aromatic heterocycles. The van der Waals surface area contributed by atoms with Gasteiger partial charge in [-0.2, -0.15) is 0 Å². The third kappa shape index (κ3) is 4.56. The first kappa shape index (κ1) is 25.5. The van der Waals surface area contributed by atoms with Crippen molar-refractivity contribution in [1.82, 2.24) is 14.5 Å². The molecule has 1 unspecified atom stereocenters. The second-order valence-electron chi connectivity index (χ2n) is 10.2. The summed E-state index contributed by atoms with van der Waals surface area (Å²) in [6.07, 6.45) is 8.25. The number of aromatic nitrogens is 2. The number of ether oxygens (including phenoxy) is 2. The third-order valence-electron chi connectivity index (χ3n) is 7.72. The van der Waals surface area contributed by atoms with E-state index in [0.29, 0.717) is 49.7 Å². The number of nitrogens with zero attached hydrogens (tertiary/aromatic N) is 4. The fourth-order valence-corrected chi connectivity index (χ4v) is 5.86. The number of halogens is 3. The molecule has 204 valence electrons. The molecule has 0 amide bonds. The van der Waals surface area contributed by atoms with Crippen LogP contribution in [0.5, 0.6) is 5.75 Å². The van der Waals surface area contributed by atoms with Gasteiger partial charge in [0.2, 0.25) is 0 Å². The van der Waals surface area contributed by atoms with E-state index < -0.39 is 29.1 Å². The lowest BCUT2D eigenvalue weighted by atomic mass is 9.79. The molecule has 0 N–H and O–H groups in total. The molecule has 2 aromatic carbocycles. The molecular formula is C29H29F3N4O3. The highest BCUT2D eigenvalue weighted by molar-refractivity contribution is 6.03. The predicted molar refractivity (Wildman–Crippen MR) is 139 cm³/mol. The van der Waals surface area contributed by atoms with Crippen LogP contribution in [0.1, 0.15) is 48.5 Å². The van der Waals surface area contributed by atoms with Crippen LogP contribution in [0.3, 0.4) is 0 Å². The number of hydrogen-bond acceptors (Lipinski definition) is 6. The predicted octanol–water partition coefficient (Wildman–Crippen LogP) is 5.72. The van der Waals surface area contributed by atoms with Crippen molar-refractivity contribution in [1.29, 1.82) is 0 Å². The number of benzene rings is 2. The van der Waals surface area contributed by atoms with Gasteiger partial charge in [0.05, 0.1) is 44.1 Å². The normalized spacial score (nSPS) is 21.5. The van der Waals surface area contributed by atoms with E-state index >= 15 is 0 Å². The van der Waals surface area contributed by atoms with Gasteiger partial charge in [0.25, 0.3) is 0 Å². The van der Waals surface area contributed by atoms with Crippen molar-refractivity contribution < 1.29 is 27.5 Å². The van der Waals surface area contributed by atoms with Gasteiger partial charge in [-0.25, -0.2) is 18.2 Å². The van der Waals surface area contributed by atoms with Gasteiger partial charge in [-0.05, 0) is 66.8 Å². The molecule has 3 aliphatic rings. The first-order valence-electron chi connectivity index (χ1n) is 13.0. The van der Waals surface area contributed by atoms with Crippen LogP contribution in [0, 0.1) is 24.4 Å². The summed E-state index contributed by atoms with van der Waals surface area (Å²) < 4.78 is 55.8. The summed E-state index contributed by atoms with van der Waals surface area (Å²) in [6.45, 7) is 3.42. The van der Waals surface area contributed by atoms with Gasteiger partial charge in [0.15, 0.2) is 28.9 Å². The van der Waals surface area contributed by atoms with Crippen LogP contribution in [0.2, 0.25) is 0 Å². The maximum Gasteiger partial charge on any atom is 0.194 e. The first-order valence-corrected chi connectivity index (χ1v) is 13.0. The van der Waals surface area contributed by atoms with Crippen molar-refractivity contribution in [2.45, 2.75) is 44.2 Å². The van der Waals surface area contributed by atoms with Gasteiger partial charge in [0, 0.05) is 25.6 Å². The maximum atomic E-state index is 14.4. The lowest BCUT2D eigenvalue weighted by molar-refractivity contribution is -0.159. The fraction of sp³-hybridized carbons (Fsp3) is 0.379. The molecule has 1 spiro atoms. The number of oxime groups is 1. The maximum absolute atomic E-state index is 14.4. The molecule has 4 heterocycles. The molecule has 1 atom stereocenters. The van der Waals surface area contributed by atoms with Gasteiger partial charge < -0.3 is 23.8 Å². The van der Waals surface area contributed by atoms with Gasteiger partial charge in [-0.3, -0.25) is 0 Å². The van der Waals surface area contributed by atoms with Gasteiger partial charge >= 0.3 is 0 Å². The van der Waals surface area contributed by atoms with E-state index in [1.807, 2.05) is 42.0 Å². The second kappa shape index (κ2) is 10.1. The minimum Gasteiger partial charge on any atom is -0.495 e. The number of imidazole rings is 1. The number of aryl methyl sites for hydroxylation is 1. The van der Waals surface area contributed by atoms with Crippen molar-refractivity contribution in [2.75, 3.05) is 26.9 Å². The number of hydrogen-bond donors (Lipinski definition) is 0. The van der Waals surface area contributed by atoms with Crippen LogP contribution >= 0.6 is 0 Å². The minimum absolute atomic E-state index is 0.323. The molecule has 2 fully saturated rings. The number of methoxy groups -OCH3 is 1. The number of rotatable bonds is 4. The second-order valence-corrected chi connectivity index (χ2v) is 10.2. The van der Waals surface area contributed by atoms with E-state index in [9.17, 15) is 13.2 Å². The highest BCUT2D eigenvalue weighted by Gasteiger charge is 2.51. The topological polar surface area (TPSA) is 61.1 Å². The molecule has 0 radical (unpaired) electrons. The molecule has 0 aliphatic carbocycles. The number of piperidine rings is 1. The lowest BCUT2D eigenvalue weighted by Gasteiger charge is -2.51. The van der Waals surface area contributed by atoms with Crippen molar-refractivity contribution in [3.05, 3.63) is 82.7 Å². The van der Waals surface area contributed by atoms with Crippen molar-refractivity contribution in [2.24, 2.45) is 5.16 Å². The van der Waals surface area contributed by atoms with Gasteiger partial charge in [-0.15, -0.1) is 0 Å². The zero-order valence-corrected chi connectivity index (χ0v) is 21.8. The van der Waals surface area contributed by atoms with E-state index in [1.54, 1.807) is 13.4 Å². The van der Waals surface area contributed by atoms with Gasteiger partial charge in [-0.1, -0.05) is 11.2 Å². The average molecular weight is 539 g/mol. The minimum atomic E-state index is -1.48. The third-order valence-corrected chi connectivity index (χ3v) is 7.72. The molecule has 0 saturated carbocycles. The Bertz CT molecular complexity index is 1440. The quantitative estimate of drug-likeness (QED) is 0.398. The van der Waals surface area contributed by atoms with Crippen molar-refractivity contribution in [3.8, 4) is 11.4 Å². The SMILES string of the molecule is COc1cc(C=C2CCCN3C2=NOC2(CCOCC2)C3c2cc(F)c(F)c(F)c2)ccc1-n1cnc(C)c1. The van der Waals surface area contributed by atoms with E-state index in [4.69, 9.17) is 14.3 Å². The molecule has 7 nitrogen and oxygen atoms in total. The van der Waals surface area contributed by atoms with E-state index in [0.717, 1.165) is 47.5 Å².